The number of aromatic nitrogens is 1. The number of hydrogen-bond acceptors (Lipinski definition) is 3. The monoisotopic (exact) mass is 295 g/mol. The van der Waals surface area contributed by atoms with Gasteiger partial charge < -0.3 is 11.1 Å². The number of nitrogens with zero attached hydrogens (tertiary/aromatic N) is 1. The van der Waals surface area contributed by atoms with E-state index < -0.39 is 0 Å². The second-order valence-electron chi connectivity index (χ2n) is 3.67. The molecular formula is C12H11BrFN3. The minimum atomic E-state index is -0.314. The fraction of sp³-hybridized carbons (Fsp3) is 0.0833. The summed E-state index contributed by atoms with van der Waals surface area (Å²) >= 11 is 3.14. The Hall–Kier alpha value is -1.62. The first kappa shape index (κ1) is 11.9. The van der Waals surface area contributed by atoms with Crippen molar-refractivity contribution in [2.45, 2.75) is 6.92 Å². The summed E-state index contributed by atoms with van der Waals surface area (Å²) < 4.78 is 13.9. The number of nitrogens with one attached hydrogen (secondary N) is 1. The second kappa shape index (κ2) is 4.71. The fourth-order valence-corrected chi connectivity index (χ4v) is 1.90. The van der Waals surface area contributed by atoms with Crippen molar-refractivity contribution in [1.82, 2.24) is 4.98 Å². The van der Waals surface area contributed by atoms with Gasteiger partial charge >= 0.3 is 0 Å². The lowest BCUT2D eigenvalue weighted by Gasteiger charge is -2.12. The van der Waals surface area contributed by atoms with Crippen molar-refractivity contribution in [3.05, 3.63) is 46.4 Å². The largest absolute Gasteiger partial charge is 0.396 e. The van der Waals surface area contributed by atoms with Crippen LogP contribution >= 0.6 is 15.9 Å². The van der Waals surface area contributed by atoms with Crippen LogP contribution in [0.4, 0.5) is 21.5 Å². The molecule has 88 valence electrons. The first-order valence-electron chi connectivity index (χ1n) is 5.00. The van der Waals surface area contributed by atoms with Gasteiger partial charge in [0.05, 0.1) is 22.0 Å². The Bertz CT molecular complexity index is 557. The minimum Gasteiger partial charge on any atom is -0.396 e. The van der Waals surface area contributed by atoms with E-state index in [1.165, 1.54) is 6.07 Å². The van der Waals surface area contributed by atoms with Gasteiger partial charge in [0.1, 0.15) is 5.82 Å². The van der Waals surface area contributed by atoms with Crippen LogP contribution in [0.25, 0.3) is 0 Å². The van der Waals surface area contributed by atoms with Crippen LogP contribution in [0.1, 0.15) is 5.56 Å². The van der Waals surface area contributed by atoms with Crippen molar-refractivity contribution in [3.8, 4) is 0 Å². The van der Waals surface area contributed by atoms with E-state index in [9.17, 15) is 4.39 Å². The minimum absolute atomic E-state index is 0.314. The maximum Gasteiger partial charge on any atom is 0.139 e. The molecule has 3 nitrogen and oxygen atoms in total. The number of rotatable bonds is 2. The molecule has 0 saturated carbocycles. The molecule has 0 saturated heterocycles. The lowest BCUT2D eigenvalue weighted by Crippen LogP contribution is -1.99. The summed E-state index contributed by atoms with van der Waals surface area (Å²) in [5.74, 6) is -0.314. The highest BCUT2D eigenvalue weighted by molar-refractivity contribution is 9.10. The van der Waals surface area contributed by atoms with Crippen LogP contribution in [0, 0.1) is 12.7 Å². The summed E-state index contributed by atoms with van der Waals surface area (Å²) in [6.07, 6.45) is 3.18. The Labute approximate surface area is 107 Å². The summed E-state index contributed by atoms with van der Waals surface area (Å²) in [5.41, 5.74) is 8.60. The predicted octanol–water partition coefficient (Wildman–Crippen LogP) is 3.62. The third-order valence-electron chi connectivity index (χ3n) is 2.39. The molecule has 0 atom stereocenters. The molecular weight excluding hydrogens is 285 g/mol. The van der Waals surface area contributed by atoms with Crippen LogP contribution in [0.15, 0.2) is 35.1 Å². The zero-order valence-corrected chi connectivity index (χ0v) is 10.8. The van der Waals surface area contributed by atoms with Crippen LogP contribution in [0.3, 0.4) is 0 Å². The number of aryl methyl sites for hydroxylation is 1. The molecule has 0 aliphatic carbocycles. The van der Waals surface area contributed by atoms with E-state index in [0.717, 1.165) is 5.56 Å². The van der Waals surface area contributed by atoms with Gasteiger partial charge in [-0.3, -0.25) is 4.98 Å². The van der Waals surface area contributed by atoms with E-state index in [2.05, 4.69) is 26.2 Å². The van der Waals surface area contributed by atoms with Crippen molar-refractivity contribution in [1.29, 1.82) is 0 Å². The van der Waals surface area contributed by atoms with Crippen molar-refractivity contribution >= 4 is 33.0 Å². The van der Waals surface area contributed by atoms with Gasteiger partial charge in [-0.15, -0.1) is 0 Å². The molecule has 5 heteroatoms. The van der Waals surface area contributed by atoms with Crippen molar-refractivity contribution in [2.75, 3.05) is 11.1 Å². The molecule has 0 fully saturated rings. The summed E-state index contributed by atoms with van der Waals surface area (Å²) in [4.78, 5) is 3.89. The summed E-state index contributed by atoms with van der Waals surface area (Å²) in [6, 6.07) is 4.89. The molecule has 0 aliphatic heterocycles. The van der Waals surface area contributed by atoms with E-state index in [0.29, 0.717) is 21.5 Å². The maximum atomic E-state index is 13.4. The van der Waals surface area contributed by atoms with E-state index in [4.69, 9.17) is 5.73 Å². The molecule has 0 unspecified atom stereocenters. The highest BCUT2D eigenvalue weighted by Gasteiger charge is 2.06. The molecule has 0 spiro atoms. The number of anilines is 3. The van der Waals surface area contributed by atoms with Crippen LogP contribution in [-0.4, -0.2) is 4.98 Å². The molecule has 1 heterocycles. The molecule has 2 rings (SSSR count). The first-order chi connectivity index (χ1) is 8.08. The third-order valence-corrected chi connectivity index (χ3v) is 3.00. The molecule has 0 radical (unpaired) electrons. The van der Waals surface area contributed by atoms with E-state index in [-0.39, 0.29) is 5.82 Å². The Morgan fingerprint density at radius 1 is 1.35 bits per heavy atom. The van der Waals surface area contributed by atoms with Crippen LogP contribution in [0.2, 0.25) is 0 Å². The van der Waals surface area contributed by atoms with Crippen molar-refractivity contribution in [2.24, 2.45) is 0 Å². The third kappa shape index (κ3) is 2.55. The van der Waals surface area contributed by atoms with Crippen LogP contribution in [-0.2, 0) is 0 Å². The lowest BCUT2D eigenvalue weighted by molar-refractivity contribution is 0.621. The molecule has 0 amide bonds. The zero-order chi connectivity index (χ0) is 12.4. The molecule has 1 aromatic heterocycles. The van der Waals surface area contributed by atoms with Crippen LogP contribution in [0.5, 0.6) is 0 Å². The zero-order valence-electron chi connectivity index (χ0n) is 9.17. The summed E-state index contributed by atoms with van der Waals surface area (Å²) in [6.45, 7) is 1.89. The second-order valence-corrected chi connectivity index (χ2v) is 4.52. The molecule has 3 N–H and O–H groups in total. The van der Waals surface area contributed by atoms with Crippen LogP contribution < -0.4 is 11.1 Å². The number of benzene rings is 1. The number of halogens is 2. The van der Waals surface area contributed by atoms with Gasteiger partial charge in [-0.1, -0.05) is 0 Å². The van der Waals surface area contributed by atoms with E-state index in [1.807, 2.05) is 6.92 Å². The smallest absolute Gasteiger partial charge is 0.139 e. The average molecular weight is 296 g/mol. The lowest BCUT2D eigenvalue weighted by atomic mass is 10.2. The Balaban J connectivity index is 2.37. The van der Waals surface area contributed by atoms with Gasteiger partial charge in [0.2, 0.25) is 0 Å². The van der Waals surface area contributed by atoms with E-state index >= 15 is 0 Å². The van der Waals surface area contributed by atoms with Gasteiger partial charge in [-0.25, -0.2) is 4.39 Å². The first-order valence-corrected chi connectivity index (χ1v) is 5.79. The molecule has 1 aromatic carbocycles. The van der Waals surface area contributed by atoms with Gasteiger partial charge in [0.25, 0.3) is 0 Å². The normalized spacial score (nSPS) is 10.3. The van der Waals surface area contributed by atoms with Gasteiger partial charge in [-0.2, -0.15) is 0 Å². The molecule has 0 aliphatic rings. The van der Waals surface area contributed by atoms with Crippen molar-refractivity contribution in [3.63, 3.8) is 0 Å². The van der Waals surface area contributed by atoms with Gasteiger partial charge in [-0.05, 0) is 46.6 Å². The summed E-state index contributed by atoms with van der Waals surface area (Å²) in [5, 5.41) is 3.08. The molecule has 17 heavy (non-hydrogen) atoms. The predicted molar refractivity (Wildman–Crippen MR) is 70.8 cm³/mol. The Morgan fingerprint density at radius 3 is 2.82 bits per heavy atom. The van der Waals surface area contributed by atoms with Crippen molar-refractivity contribution < 1.29 is 4.39 Å². The fourth-order valence-electron chi connectivity index (χ4n) is 1.45. The number of nitrogens with two attached hydrogens (primary N) is 1. The Kier molecular flexibility index (Phi) is 3.28. The van der Waals surface area contributed by atoms with Gasteiger partial charge in [0, 0.05) is 11.9 Å². The van der Waals surface area contributed by atoms with E-state index in [1.54, 1.807) is 24.5 Å². The number of hydrogen-bond donors (Lipinski definition) is 2. The maximum absolute atomic E-state index is 13.4. The quantitative estimate of drug-likeness (QED) is 0.890. The standard InChI is InChI=1S/C12H11BrFN3/c1-7-4-8(13)9(14)5-12(7)17-11-2-3-16-6-10(11)15/h2-6H,15H2,1H3,(H,16,17). The number of pyridine rings is 1. The Morgan fingerprint density at radius 2 is 2.12 bits per heavy atom. The van der Waals surface area contributed by atoms with Gasteiger partial charge in [0.15, 0.2) is 0 Å². The highest BCUT2D eigenvalue weighted by atomic mass is 79.9. The molecule has 2 aromatic rings. The topological polar surface area (TPSA) is 50.9 Å². The number of nitrogen functional groups attached to an aromatic ring is 1. The average Bonchev–Trinajstić information content (AvgIpc) is 2.29. The highest BCUT2D eigenvalue weighted by Crippen LogP contribution is 2.28. The molecule has 0 bridgehead atoms. The summed E-state index contributed by atoms with van der Waals surface area (Å²) in [7, 11) is 0. The SMILES string of the molecule is Cc1cc(Br)c(F)cc1Nc1ccncc1N.